The lowest BCUT2D eigenvalue weighted by Crippen LogP contribution is -2.28. The van der Waals surface area contributed by atoms with E-state index in [1.165, 1.54) is 5.56 Å². The number of likely N-dealkylation sites (tertiary alicyclic amines) is 1. The highest BCUT2D eigenvalue weighted by atomic mass is 16.2. The van der Waals surface area contributed by atoms with Gasteiger partial charge in [0, 0.05) is 37.8 Å². The van der Waals surface area contributed by atoms with Gasteiger partial charge in [0.2, 0.25) is 0 Å². The molecule has 1 N–H and O–H groups in total. The fourth-order valence-electron chi connectivity index (χ4n) is 2.82. The Balaban J connectivity index is 1.72. The highest BCUT2D eigenvalue weighted by molar-refractivity contribution is 5.95. The second kappa shape index (κ2) is 5.95. The lowest BCUT2D eigenvalue weighted by Gasteiger charge is -2.17. The molecule has 1 unspecified atom stereocenters. The molecule has 3 rings (SSSR count). The second-order valence-corrected chi connectivity index (χ2v) is 5.33. The van der Waals surface area contributed by atoms with Gasteiger partial charge in [-0.1, -0.05) is 30.3 Å². The van der Waals surface area contributed by atoms with Gasteiger partial charge >= 0.3 is 0 Å². The maximum atomic E-state index is 12.6. The van der Waals surface area contributed by atoms with Crippen molar-refractivity contribution in [3.63, 3.8) is 0 Å². The van der Waals surface area contributed by atoms with Gasteiger partial charge in [0.05, 0.1) is 0 Å². The summed E-state index contributed by atoms with van der Waals surface area (Å²) in [6, 6.07) is 14.0. The lowest BCUT2D eigenvalue weighted by molar-refractivity contribution is 0.0790. The van der Waals surface area contributed by atoms with Crippen LogP contribution in [0.1, 0.15) is 28.3 Å². The zero-order valence-corrected chi connectivity index (χ0v) is 12.1. The Labute approximate surface area is 124 Å². The van der Waals surface area contributed by atoms with Crippen LogP contribution in [0, 0.1) is 0 Å². The van der Waals surface area contributed by atoms with Crippen molar-refractivity contribution in [1.82, 2.24) is 9.88 Å². The lowest BCUT2D eigenvalue weighted by atomic mass is 9.99. The van der Waals surface area contributed by atoms with Crippen LogP contribution in [0.5, 0.6) is 0 Å². The molecule has 2 heterocycles. The molecule has 0 radical (unpaired) electrons. The van der Waals surface area contributed by atoms with E-state index in [1.54, 1.807) is 25.4 Å². The first-order valence-corrected chi connectivity index (χ1v) is 7.26. The molecular formula is C17H19N3O. The number of carbonyl (C=O) groups is 1. The predicted octanol–water partition coefficient (Wildman–Crippen LogP) is 2.75. The van der Waals surface area contributed by atoms with E-state index in [9.17, 15) is 4.79 Å². The number of nitrogens with one attached hydrogen (secondary N) is 1. The molecule has 1 aromatic heterocycles. The highest BCUT2D eigenvalue weighted by Gasteiger charge is 2.27. The van der Waals surface area contributed by atoms with Crippen molar-refractivity contribution in [2.75, 3.05) is 25.5 Å². The fraction of sp³-hybridized carbons (Fsp3) is 0.294. The topological polar surface area (TPSA) is 45.2 Å². The van der Waals surface area contributed by atoms with Gasteiger partial charge in [0.25, 0.3) is 5.91 Å². The molecule has 0 saturated carbocycles. The summed E-state index contributed by atoms with van der Waals surface area (Å²) in [5.74, 6) is 1.26. The van der Waals surface area contributed by atoms with E-state index >= 15 is 0 Å². The number of nitrogens with zero attached hydrogens (tertiary/aromatic N) is 2. The number of pyridine rings is 1. The van der Waals surface area contributed by atoms with Gasteiger partial charge in [-0.25, -0.2) is 4.98 Å². The summed E-state index contributed by atoms with van der Waals surface area (Å²) in [6.07, 6.45) is 2.70. The summed E-state index contributed by atoms with van der Waals surface area (Å²) >= 11 is 0. The van der Waals surface area contributed by atoms with Gasteiger partial charge in [-0.3, -0.25) is 4.79 Å². The van der Waals surface area contributed by atoms with E-state index in [2.05, 4.69) is 34.6 Å². The monoisotopic (exact) mass is 281 g/mol. The quantitative estimate of drug-likeness (QED) is 0.941. The molecule has 21 heavy (non-hydrogen) atoms. The molecule has 0 spiro atoms. The first-order chi connectivity index (χ1) is 10.3. The molecule has 108 valence electrons. The maximum absolute atomic E-state index is 12.6. The molecule has 4 heteroatoms. The van der Waals surface area contributed by atoms with E-state index in [0.29, 0.717) is 11.5 Å². The molecule has 1 aliphatic heterocycles. The molecule has 1 fully saturated rings. The van der Waals surface area contributed by atoms with Crippen LogP contribution in [0.4, 0.5) is 5.82 Å². The van der Waals surface area contributed by atoms with Crippen molar-refractivity contribution in [3.8, 4) is 0 Å². The van der Waals surface area contributed by atoms with Gasteiger partial charge in [-0.2, -0.15) is 0 Å². The van der Waals surface area contributed by atoms with E-state index < -0.39 is 0 Å². The summed E-state index contributed by atoms with van der Waals surface area (Å²) < 4.78 is 0. The van der Waals surface area contributed by atoms with Crippen LogP contribution in [0.3, 0.4) is 0 Å². The average Bonchev–Trinajstić information content (AvgIpc) is 3.05. The SMILES string of the molecule is CNc1cc(C(=O)N2CCC(c3ccccc3)C2)ccn1. The zero-order valence-electron chi connectivity index (χ0n) is 12.1. The van der Waals surface area contributed by atoms with Crippen molar-refractivity contribution in [1.29, 1.82) is 0 Å². The number of amides is 1. The molecular weight excluding hydrogens is 262 g/mol. The van der Waals surface area contributed by atoms with Crippen LogP contribution in [0.2, 0.25) is 0 Å². The van der Waals surface area contributed by atoms with Gasteiger partial charge in [0.1, 0.15) is 5.82 Å². The van der Waals surface area contributed by atoms with Crippen LogP contribution in [-0.4, -0.2) is 35.9 Å². The van der Waals surface area contributed by atoms with E-state index in [-0.39, 0.29) is 5.91 Å². The minimum Gasteiger partial charge on any atom is -0.373 e. The molecule has 1 saturated heterocycles. The normalized spacial score (nSPS) is 17.8. The Morgan fingerprint density at radius 2 is 2.10 bits per heavy atom. The largest absolute Gasteiger partial charge is 0.373 e. The third kappa shape index (κ3) is 2.89. The summed E-state index contributed by atoms with van der Waals surface area (Å²) in [5, 5.41) is 2.97. The first-order valence-electron chi connectivity index (χ1n) is 7.26. The van der Waals surface area contributed by atoms with Crippen LogP contribution in [0.15, 0.2) is 48.7 Å². The molecule has 1 amide bonds. The van der Waals surface area contributed by atoms with Crippen LogP contribution < -0.4 is 5.32 Å². The Kier molecular flexibility index (Phi) is 3.86. The Morgan fingerprint density at radius 3 is 2.86 bits per heavy atom. The third-order valence-corrected chi connectivity index (χ3v) is 4.01. The highest BCUT2D eigenvalue weighted by Crippen LogP contribution is 2.28. The molecule has 0 aliphatic carbocycles. The van der Waals surface area contributed by atoms with Gasteiger partial charge in [-0.05, 0) is 24.1 Å². The predicted molar refractivity (Wildman–Crippen MR) is 83.5 cm³/mol. The van der Waals surface area contributed by atoms with Crippen molar-refractivity contribution >= 4 is 11.7 Å². The smallest absolute Gasteiger partial charge is 0.254 e. The average molecular weight is 281 g/mol. The number of anilines is 1. The van der Waals surface area contributed by atoms with Crippen molar-refractivity contribution in [2.24, 2.45) is 0 Å². The maximum Gasteiger partial charge on any atom is 0.254 e. The van der Waals surface area contributed by atoms with Crippen molar-refractivity contribution in [3.05, 3.63) is 59.8 Å². The molecule has 1 aromatic carbocycles. The number of rotatable bonds is 3. The minimum atomic E-state index is 0.0901. The van der Waals surface area contributed by atoms with E-state index in [0.717, 1.165) is 25.3 Å². The van der Waals surface area contributed by atoms with Crippen molar-refractivity contribution < 1.29 is 4.79 Å². The summed E-state index contributed by atoms with van der Waals surface area (Å²) in [5.41, 5.74) is 2.02. The standard InChI is InChI=1S/C17H19N3O/c1-18-16-11-14(7-9-19-16)17(21)20-10-8-15(12-20)13-5-3-2-4-6-13/h2-7,9,11,15H,8,10,12H2,1H3,(H,18,19). The number of hydrogen-bond acceptors (Lipinski definition) is 3. The minimum absolute atomic E-state index is 0.0901. The number of hydrogen-bond donors (Lipinski definition) is 1. The number of carbonyl (C=O) groups excluding carboxylic acids is 1. The molecule has 1 atom stereocenters. The Hall–Kier alpha value is -2.36. The van der Waals surface area contributed by atoms with Crippen LogP contribution >= 0.6 is 0 Å². The second-order valence-electron chi connectivity index (χ2n) is 5.33. The van der Waals surface area contributed by atoms with E-state index in [4.69, 9.17) is 0 Å². The zero-order chi connectivity index (χ0) is 14.7. The molecule has 2 aromatic rings. The first kappa shape index (κ1) is 13.6. The van der Waals surface area contributed by atoms with Gasteiger partial charge < -0.3 is 10.2 Å². The number of aromatic nitrogens is 1. The van der Waals surface area contributed by atoms with Gasteiger partial charge in [-0.15, -0.1) is 0 Å². The van der Waals surface area contributed by atoms with Crippen LogP contribution in [-0.2, 0) is 0 Å². The fourth-order valence-corrected chi connectivity index (χ4v) is 2.82. The summed E-state index contributed by atoms with van der Waals surface area (Å²) in [4.78, 5) is 18.6. The van der Waals surface area contributed by atoms with Crippen LogP contribution in [0.25, 0.3) is 0 Å². The molecule has 4 nitrogen and oxygen atoms in total. The van der Waals surface area contributed by atoms with Crippen molar-refractivity contribution in [2.45, 2.75) is 12.3 Å². The Bertz CT molecular complexity index is 627. The third-order valence-electron chi connectivity index (χ3n) is 4.01. The summed E-state index contributed by atoms with van der Waals surface area (Å²) in [7, 11) is 1.80. The number of benzene rings is 1. The summed E-state index contributed by atoms with van der Waals surface area (Å²) in [6.45, 7) is 1.61. The molecule has 0 bridgehead atoms. The van der Waals surface area contributed by atoms with Gasteiger partial charge in [0.15, 0.2) is 0 Å². The Morgan fingerprint density at radius 1 is 1.29 bits per heavy atom. The molecule has 1 aliphatic rings. The van der Waals surface area contributed by atoms with E-state index in [1.807, 2.05) is 11.0 Å².